The molecule has 3 fully saturated rings. The molecule has 1 aromatic heterocycles. The Bertz CT molecular complexity index is 529. The summed E-state index contributed by atoms with van der Waals surface area (Å²) in [6.07, 6.45) is 8.93. The van der Waals surface area contributed by atoms with Gasteiger partial charge in [0.25, 0.3) is 0 Å². The summed E-state index contributed by atoms with van der Waals surface area (Å²) in [5, 5.41) is 8.16. The van der Waals surface area contributed by atoms with Gasteiger partial charge in [0.1, 0.15) is 0 Å². The van der Waals surface area contributed by atoms with Crippen LogP contribution in [0, 0.1) is 17.8 Å². The largest absolute Gasteiger partial charge is 0.353 e. The van der Waals surface area contributed by atoms with Gasteiger partial charge in [-0.3, -0.25) is 4.79 Å². The maximum atomic E-state index is 12.7. The number of anilines is 1. The van der Waals surface area contributed by atoms with Crippen molar-refractivity contribution in [1.82, 2.24) is 15.1 Å². The molecule has 2 saturated carbocycles. The van der Waals surface area contributed by atoms with Gasteiger partial charge in [0.15, 0.2) is 5.82 Å². The number of carbonyl (C=O) groups is 1. The molecule has 4 rings (SSSR count). The first-order chi connectivity index (χ1) is 11.3. The second-order valence-electron chi connectivity index (χ2n) is 7.35. The fraction of sp³-hybridized carbons (Fsp3) is 0.722. The highest BCUT2D eigenvalue weighted by Crippen LogP contribution is 2.50. The lowest BCUT2D eigenvalue weighted by atomic mass is 9.93. The van der Waals surface area contributed by atoms with E-state index in [1.165, 1.54) is 25.7 Å². The lowest BCUT2D eigenvalue weighted by Gasteiger charge is -2.24. The monoisotopic (exact) mass is 314 g/mol. The first kappa shape index (κ1) is 14.9. The van der Waals surface area contributed by atoms with Crippen LogP contribution in [0.3, 0.4) is 0 Å². The van der Waals surface area contributed by atoms with Gasteiger partial charge in [-0.25, -0.2) is 0 Å². The molecule has 0 aromatic carbocycles. The van der Waals surface area contributed by atoms with Crippen molar-refractivity contribution in [2.45, 2.75) is 38.5 Å². The standard InChI is InChI=1S/C18H26N4O/c23-18(13-16(14-4-5-14)15-6-7-15)22-10-2-9-21(11-12-22)17-3-1-8-19-20-17/h1,3,8,14-16H,2,4-7,9-13H2. The summed E-state index contributed by atoms with van der Waals surface area (Å²) in [6, 6.07) is 3.92. The average molecular weight is 314 g/mol. The molecule has 5 heteroatoms. The summed E-state index contributed by atoms with van der Waals surface area (Å²) in [5.74, 6) is 3.70. The zero-order valence-corrected chi connectivity index (χ0v) is 13.7. The Morgan fingerprint density at radius 2 is 1.91 bits per heavy atom. The van der Waals surface area contributed by atoms with Crippen molar-refractivity contribution < 1.29 is 4.79 Å². The molecule has 0 radical (unpaired) electrons. The minimum absolute atomic E-state index is 0.384. The number of hydrogen-bond acceptors (Lipinski definition) is 4. The van der Waals surface area contributed by atoms with E-state index in [0.29, 0.717) is 11.8 Å². The van der Waals surface area contributed by atoms with Crippen LogP contribution < -0.4 is 4.90 Å². The predicted molar refractivity (Wildman–Crippen MR) is 89.0 cm³/mol. The third-order valence-electron chi connectivity index (χ3n) is 5.60. The Morgan fingerprint density at radius 3 is 2.57 bits per heavy atom. The van der Waals surface area contributed by atoms with Gasteiger partial charge in [-0.1, -0.05) is 0 Å². The second kappa shape index (κ2) is 6.46. The molecule has 0 N–H and O–H groups in total. The number of amides is 1. The maximum Gasteiger partial charge on any atom is 0.222 e. The van der Waals surface area contributed by atoms with Crippen LogP contribution in [0.15, 0.2) is 18.3 Å². The van der Waals surface area contributed by atoms with E-state index in [9.17, 15) is 4.79 Å². The zero-order chi connectivity index (χ0) is 15.6. The quantitative estimate of drug-likeness (QED) is 0.837. The Labute approximate surface area is 138 Å². The lowest BCUT2D eigenvalue weighted by molar-refractivity contribution is -0.132. The van der Waals surface area contributed by atoms with E-state index in [0.717, 1.165) is 56.7 Å². The molecule has 124 valence electrons. The lowest BCUT2D eigenvalue weighted by Crippen LogP contribution is -2.36. The third kappa shape index (κ3) is 3.65. The van der Waals surface area contributed by atoms with Crippen LogP contribution >= 0.6 is 0 Å². The molecular weight excluding hydrogens is 288 g/mol. The van der Waals surface area contributed by atoms with Crippen molar-refractivity contribution in [3.8, 4) is 0 Å². The van der Waals surface area contributed by atoms with E-state index >= 15 is 0 Å². The van der Waals surface area contributed by atoms with E-state index in [4.69, 9.17) is 0 Å². The van der Waals surface area contributed by atoms with Gasteiger partial charge in [0.2, 0.25) is 5.91 Å². The van der Waals surface area contributed by atoms with Gasteiger partial charge in [0, 0.05) is 38.8 Å². The SMILES string of the molecule is O=C(CC(C1CC1)C1CC1)N1CCCN(c2cccnn2)CC1. The van der Waals surface area contributed by atoms with Crippen molar-refractivity contribution in [3.63, 3.8) is 0 Å². The fourth-order valence-corrected chi connectivity index (χ4v) is 3.96. The van der Waals surface area contributed by atoms with Crippen LogP contribution in [-0.2, 0) is 4.79 Å². The van der Waals surface area contributed by atoms with Crippen LogP contribution in [0.25, 0.3) is 0 Å². The second-order valence-corrected chi connectivity index (χ2v) is 7.35. The van der Waals surface area contributed by atoms with Gasteiger partial charge in [-0.05, 0) is 62.0 Å². The molecular formula is C18H26N4O. The minimum atomic E-state index is 0.384. The van der Waals surface area contributed by atoms with Gasteiger partial charge in [0.05, 0.1) is 0 Å². The Morgan fingerprint density at radius 1 is 1.13 bits per heavy atom. The molecule has 5 nitrogen and oxygen atoms in total. The number of carbonyl (C=O) groups excluding carboxylic acids is 1. The first-order valence-corrected chi connectivity index (χ1v) is 9.11. The smallest absolute Gasteiger partial charge is 0.222 e. The van der Waals surface area contributed by atoms with Gasteiger partial charge >= 0.3 is 0 Å². The summed E-state index contributed by atoms with van der Waals surface area (Å²) in [7, 11) is 0. The van der Waals surface area contributed by atoms with E-state index in [2.05, 4.69) is 20.0 Å². The maximum absolute atomic E-state index is 12.7. The van der Waals surface area contributed by atoms with Crippen LogP contribution in [0.5, 0.6) is 0 Å². The van der Waals surface area contributed by atoms with E-state index in [1.807, 2.05) is 12.1 Å². The Balaban J connectivity index is 1.33. The third-order valence-corrected chi connectivity index (χ3v) is 5.60. The molecule has 23 heavy (non-hydrogen) atoms. The van der Waals surface area contributed by atoms with Gasteiger partial charge < -0.3 is 9.80 Å². The highest BCUT2D eigenvalue weighted by atomic mass is 16.2. The fourth-order valence-electron chi connectivity index (χ4n) is 3.96. The summed E-state index contributed by atoms with van der Waals surface area (Å²) in [6.45, 7) is 3.52. The molecule has 0 atom stereocenters. The van der Waals surface area contributed by atoms with E-state index in [1.54, 1.807) is 6.20 Å². The summed E-state index contributed by atoms with van der Waals surface area (Å²) in [5.41, 5.74) is 0. The molecule has 1 amide bonds. The summed E-state index contributed by atoms with van der Waals surface area (Å²) in [4.78, 5) is 17.1. The molecule has 0 bridgehead atoms. The molecule has 1 aromatic rings. The molecule has 0 spiro atoms. The average Bonchev–Trinajstić information content (AvgIpc) is 3.46. The summed E-state index contributed by atoms with van der Waals surface area (Å²) < 4.78 is 0. The number of rotatable bonds is 5. The number of aromatic nitrogens is 2. The highest BCUT2D eigenvalue weighted by Gasteiger charge is 2.42. The predicted octanol–water partition coefficient (Wildman–Crippen LogP) is 2.34. The molecule has 3 aliphatic rings. The normalized spacial score (nSPS) is 22.3. The van der Waals surface area contributed by atoms with Gasteiger partial charge in [-0.2, -0.15) is 5.10 Å². The van der Waals surface area contributed by atoms with Crippen molar-refractivity contribution in [1.29, 1.82) is 0 Å². The molecule has 1 saturated heterocycles. The van der Waals surface area contributed by atoms with Gasteiger partial charge in [-0.15, -0.1) is 5.10 Å². The summed E-state index contributed by atoms with van der Waals surface area (Å²) >= 11 is 0. The van der Waals surface area contributed by atoms with Crippen molar-refractivity contribution in [2.24, 2.45) is 17.8 Å². The van der Waals surface area contributed by atoms with Crippen LogP contribution in [0.1, 0.15) is 38.5 Å². The van der Waals surface area contributed by atoms with Crippen molar-refractivity contribution in [2.75, 3.05) is 31.1 Å². The molecule has 1 aliphatic heterocycles. The Hall–Kier alpha value is -1.65. The Kier molecular flexibility index (Phi) is 4.19. The molecule has 0 unspecified atom stereocenters. The highest BCUT2D eigenvalue weighted by molar-refractivity contribution is 5.76. The minimum Gasteiger partial charge on any atom is -0.353 e. The topological polar surface area (TPSA) is 49.3 Å². The van der Waals surface area contributed by atoms with Crippen LogP contribution in [0.4, 0.5) is 5.82 Å². The zero-order valence-electron chi connectivity index (χ0n) is 13.7. The molecule has 2 aliphatic carbocycles. The van der Waals surface area contributed by atoms with E-state index < -0.39 is 0 Å². The van der Waals surface area contributed by atoms with E-state index in [-0.39, 0.29) is 0 Å². The number of nitrogens with zero attached hydrogens (tertiary/aromatic N) is 4. The molecule has 2 heterocycles. The number of hydrogen-bond donors (Lipinski definition) is 0. The van der Waals surface area contributed by atoms with Crippen molar-refractivity contribution in [3.05, 3.63) is 18.3 Å². The van der Waals surface area contributed by atoms with Crippen LogP contribution in [-0.4, -0.2) is 47.2 Å². The van der Waals surface area contributed by atoms with Crippen molar-refractivity contribution >= 4 is 11.7 Å². The van der Waals surface area contributed by atoms with Crippen LogP contribution in [0.2, 0.25) is 0 Å². The first-order valence-electron chi connectivity index (χ1n) is 9.11.